The van der Waals surface area contributed by atoms with Crippen LogP contribution in [-0.2, 0) is 11.2 Å². The van der Waals surface area contributed by atoms with Crippen LogP contribution in [0.1, 0.15) is 0 Å². The van der Waals surface area contributed by atoms with Gasteiger partial charge in [0, 0.05) is 0 Å². The highest BCUT2D eigenvalue weighted by molar-refractivity contribution is 7.95. The molecule has 0 saturated heterocycles. The van der Waals surface area contributed by atoms with Gasteiger partial charge in [-0.25, -0.2) is 0 Å². The Morgan fingerprint density at radius 1 is 1.20 bits per heavy atom. The van der Waals surface area contributed by atoms with Crippen LogP contribution >= 0.6 is 23.2 Å². The molecule has 2 unspecified atom stereocenters. The minimum atomic E-state index is -1.31. The zero-order chi connectivity index (χ0) is 8.15. The highest BCUT2D eigenvalue weighted by atomic mass is 35.5. The van der Waals surface area contributed by atoms with E-state index in [1.807, 2.05) is 0 Å². The Bertz CT molecular complexity index is 115. The second-order valence-electron chi connectivity index (χ2n) is 1.50. The summed E-state index contributed by atoms with van der Waals surface area (Å²) in [6, 6.07) is 0. The Labute approximate surface area is 73.9 Å². The molecule has 10 heavy (non-hydrogen) atoms. The highest BCUT2D eigenvalue weighted by Crippen LogP contribution is 2.17. The van der Waals surface area contributed by atoms with Crippen molar-refractivity contribution in [3.8, 4) is 0 Å². The molecular weight excluding hydrogens is 191 g/mol. The van der Waals surface area contributed by atoms with E-state index in [1.54, 1.807) is 0 Å². The summed E-state index contributed by atoms with van der Waals surface area (Å²) in [6.45, 7) is 6.76. The Balaban J connectivity index is 3.91. The molecule has 0 amide bonds. The molecule has 0 radical (unpaired) electrons. The van der Waals surface area contributed by atoms with E-state index in [-0.39, 0.29) is 0 Å². The van der Waals surface area contributed by atoms with Crippen LogP contribution in [0.3, 0.4) is 0 Å². The first-order chi connectivity index (χ1) is 4.63. The molecule has 4 heteroatoms. The molecule has 1 nitrogen and oxygen atoms in total. The minimum absolute atomic E-state index is 0.597. The molecule has 0 N–H and O–H groups in total. The van der Waals surface area contributed by atoms with Gasteiger partial charge in [0.15, 0.2) is 0 Å². The van der Waals surface area contributed by atoms with E-state index < -0.39 is 20.6 Å². The third-order valence-corrected chi connectivity index (χ3v) is 3.50. The average Bonchev–Trinajstić information content (AvgIpc) is 2.00. The van der Waals surface area contributed by atoms with E-state index >= 15 is 0 Å². The van der Waals surface area contributed by atoms with Crippen molar-refractivity contribution in [1.82, 2.24) is 0 Å². The third-order valence-electron chi connectivity index (χ3n) is 0.814. The molecule has 0 aromatic carbocycles. The van der Waals surface area contributed by atoms with E-state index in [0.29, 0.717) is 0 Å². The lowest BCUT2D eigenvalue weighted by Crippen LogP contribution is -2.21. The maximum Gasteiger partial charge on any atom is 0.208 e. The summed E-state index contributed by atoms with van der Waals surface area (Å²) >= 11 is 9.76. The number of alkyl halides is 2. The SMILES string of the molecule is C=CC(Cl)[S+]([O-])C(Cl)C=C. The van der Waals surface area contributed by atoms with Gasteiger partial charge in [0.1, 0.15) is 0 Å². The molecule has 0 aromatic rings. The zero-order valence-electron chi connectivity index (χ0n) is 5.30. The quantitative estimate of drug-likeness (QED) is 0.386. The average molecular weight is 199 g/mol. The van der Waals surface area contributed by atoms with E-state index in [0.717, 1.165) is 0 Å². The number of hydrogen-bond donors (Lipinski definition) is 0. The Morgan fingerprint density at radius 3 is 1.70 bits per heavy atom. The van der Waals surface area contributed by atoms with Gasteiger partial charge in [-0.1, -0.05) is 36.4 Å². The molecule has 2 atom stereocenters. The van der Waals surface area contributed by atoms with Crippen molar-refractivity contribution in [2.45, 2.75) is 9.42 Å². The first-order valence-electron chi connectivity index (χ1n) is 2.56. The molecule has 0 bridgehead atoms. The molecular formula is C6H8Cl2OS. The second kappa shape index (κ2) is 5.08. The van der Waals surface area contributed by atoms with Gasteiger partial charge in [-0.2, -0.15) is 0 Å². The fourth-order valence-corrected chi connectivity index (χ4v) is 1.76. The van der Waals surface area contributed by atoms with Gasteiger partial charge in [0.25, 0.3) is 0 Å². The standard InChI is InChI=1S/C6H8Cl2OS/c1-3-5(7)10(9)6(8)4-2/h3-6H,1-2H2. The van der Waals surface area contributed by atoms with Crippen molar-refractivity contribution in [1.29, 1.82) is 0 Å². The summed E-state index contributed by atoms with van der Waals surface area (Å²) < 4.78 is 9.82. The monoisotopic (exact) mass is 198 g/mol. The van der Waals surface area contributed by atoms with Gasteiger partial charge in [0.05, 0.1) is 0 Å². The fourth-order valence-electron chi connectivity index (χ4n) is 0.314. The Hall–Kier alpha value is 0.370. The van der Waals surface area contributed by atoms with Crippen LogP contribution in [0.15, 0.2) is 25.3 Å². The summed E-state index contributed by atoms with van der Waals surface area (Å²) in [5.41, 5.74) is 0. The molecule has 0 saturated carbocycles. The number of hydrogen-bond acceptors (Lipinski definition) is 1. The van der Waals surface area contributed by atoms with E-state index in [2.05, 4.69) is 13.2 Å². The van der Waals surface area contributed by atoms with Gasteiger partial charge in [-0.3, -0.25) is 0 Å². The molecule has 0 rings (SSSR count). The molecule has 0 spiro atoms. The summed E-state index contributed by atoms with van der Waals surface area (Å²) in [5.74, 6) is 0. The minimum Gasteiger partial charge on any atom is -0.614 e. The Morgan fingerprint density at radius 2 is 1.50 bits per heavy atom. The third kappa shape index (κ3) is 2.97. The number of halogens is 2. The van der Waals surface area contributed by atoms with Gasteiger partial charge < -0.3 is 4.55 Å². The molecule has 58 valence electrons. The summed E-state index contributed by atoms with van der Waals surface area (Å²) in [6.07, 6.45) is 2.77. The largest absolute Gasteiger partial charge is 0.614 e. The maximum absolute atomic E-state index is 11.0. The smallest absolute Gasteiger partial charge is 0.208 e. The first kappa shape index (κ1) is 10.4. The van der Waals surface area contributed by atoms with Crippen LogP contribution < -0.4 is 0 Å². The molecule has 0 fully saturated rings. The van der Waals surface area contributed by atoms with Crippen LogP contribution in [-0.4, -0.2) is 14.0 Å². The van der Waals surface area contributed by atoms with Crippen molar-refractivity contribution in [3.05, 3.63) is 25.3 Å². The lowest BCUT2D eigenvalue weighted by atomic mass is 10.7. The van der Waals surface area contributed by atoms with Crippen molar-refractivity contribution in [3.63, 3.8) is 0 Å². The molecule has 0 aromatic heterocycles. The topological polar surface area (TPSA) is 23.1 Å². The van der Waals surface area contributed by atoms with Gasteiger partial charge in [0.2, 0.25) is 9.42 Å². The van der Waals surface area contributed by atoms with Crippen molar-refractivity contribution >= 4 is 34.4 Å². The van der Waals surface area contributed by atoms with Crippen molar-refractivity contribution < 1.29 is 4.55 Å². The van der Waals surface area contributed by atoms with Crippen molar-refractivity contribution in [2.75, 3.05) is 0 Å². The van der Waals surface area contributed by atoms with Gasteiger partial charge in [-0.05, 0) is 23.3 Å². The summed E-state index contributed by atoms with van der Waals surface area (Å²) in [7, 11) is 0. The zero-order valence-corrected chi connectivity index (χ0v) is 7.62. The second-order valence-corrected chi connectivity index (χ2v) is 4.63. The predicted molar refractivity (Wildman–Crippen MR) is 47.8 cm³/mol. The first-order valence-corrected chi connectivity index (χ1v) is 4.71. The van der Waals surface area contributed by atoms with Crippen LogP contribution in [0.5, 0.6) is 0 Å². The van der Waals surface area contributed by atoms with E-state index in [9.17, 15) is 4.55 Å². The van der Waals surface area contributed by atoms with Crippen LogP contribution in [0.2, 0.25) is 0 Å². The molecule has 0 aliphatic rings. The molecule has 0 aliphatic heterocycles. The Kier molecular flexibility index (Phi) is 5.27. The van der Waals surface area contributed by atoms with Gasteiger partial charge >= 0.3 is 0 Å². The lowest BCUT2D eigenvalue weighted by molar-refractivity contribution is 0.596. The van der Waals surface area contributed by atoms with Crippen LogP contribution in [0.4, 0.5) is 0 Å². The van der Waals surface area contributed by atoms with E-state index in [4.69, 9.17) is 23.2 Å². The normalized spacial score (nSPS) is 19.1. The summed E-state index contributed by atoms with van der Waals surface area (Å²) in [5, 5.41) is 0. The maximum atomic E-state index is 11.0. The van der Waals surface area contributed by atoms with E-state index in [1.165, 1.54) is 12.2 Å². The van der Waals surface area contributed by atoms with Gasteiger partial charge in [-0.15, -0.1) is 0 Å². The molecule has 0 heterocycles. The summed E-state index contributed by atoms with van der Waals surface area (Å²) in [4.78, 5) is 0. The van der Waals surface area contributed by atoms with Crippen molar-refractivity contribution in [2.24, 2.45) is 0 Å². The fraction of sp³-hybridized carbons (Fsp3) is 0.333. The highest BCUT2D eigenvalue weighted by Gasteiger charge is 2.22. The van der Waals surface area contributed by atoms with Crippen LogP contribution in [0, 0.1) is 0 Å². The number of rotatable bonds is 4. The predicted octanol–water partition coefficient (Wildman–Crippen LogP) is 2.24. The molecule has 0 aliphatic carbocycles. The lowest BCUT2D eigenvalue weighted by Gasteiger charge is -2.15. The van der Waals surface area contributed by atoms with Crippen LogP contribution in [0.25, 0.3) is 0 Å².